The summed E-state index contributed by atoms with van der Waals surface area (Å²) in [6.45, 7) is 1.69. The molecular formula is C13H13N5O2S. The Morgan fingerprint density at radius 1 is 1.29 bits per heavy atom. The van der Waals surface area contributed by atoms with Crippen LogP contribution in [0.5, 0.6) is 0 Å². The van der Waals surface area contributed by atoms with Gasteiger partial charge in [-0.15, -0.1) is 0 Å². The topological polar surface area (TPSA) is 92.7 Å². The molecule has 0 saturated heterocycles. The number of H-pyrrole nitrogens is 1. The summed E-state index contributed by atoms with van der Waals surface area (Å²) in [4.78, 5) is 10.6. The van der Waals surface area contributed by atoms with Crippen LogP contribution >= 0.6 is 0 Å². The van der Waals surface area contributed by atoms with Crippen LogP contribution < -0.4 is 4.72 Å². The maximum atomic E-state index is 12.3. The molecule has 0 fully saturated rings. The lowest BCUT2D eigenvalue weighted by Crippen LogP contribution is -2.15. The zero-order valence-electron chi connectivity index (χ0n) is 11.2. The summed E-state index contributed by atoms with van der Waals surface area (Å²) in [7, 11) is -3.71. The van der Waals surface area contributed by atoms with Crippen molar-refractivity contribution >= 4 is 15.7 Å². The molecule has 8 heteroatoms. The summed E-state index contributed by atoms with van der Waals surface area (Å²) in [6, 6.07) is 7.08. The van der Waals surface area contributed by atoms with Gasteiger partial charge in [0.1, 0.15) is 5.82 Å². The molecular weight excluding hydrogens is 290 g/mol. The number of nitrogens with one attached hydrogen (secondary N) is 2. The maximum absolute atomic E-state index is 12.3. The van der Waals surface area contributed by atoms with Crippen LogP contribution in [0.3, 0.4) is 0 Å². The third-order valence-corrected chi connectivity index (χ3v) is 4.18. The molecule has 3 rings (SSSR count). The Morgan fingerprint density at radius 3 is 2.76 bits per heavy atom. The molecule has 0 radical (unpaired) electrons. The Hall–Kier alpha value is -2.61. The van der Waals surface area contributed by atoms with Crippen LogP contribution in [0.1, 0.15) is 5.82 Å². The molecule has 0 spiro atoms. The molecule has 0 atom stereocenters. The van der Waals surface area contributed by atoms with Gasteiger partial charge in [-0.3, -0.25) is 4.72 Å². The number of aryl methyl sites for hydroxylation is 1. The number of rotatable bonds is 4. The van der Waals surface area contributed by atoms with Crippen molar-refractivity contribution < 1.29 is 8.42 Å². The van der Waals surface area contributed by atoms with Crippen molar-refractivity contribution in [2.45, 2.75) is 11.9 Å². The molecule has 0 amide bonds. The van der Waals surface area contributed by atoms with E-state index in [0.29, 0.717) is 17.2 Å². The van der Waals surface area contributed by atoms with Gasteiger partial charge < -0.3 is 9.55 Å². The number of nitrogens with zero attached hydrogens (tertiary/aromatic N) is 3. The number of aromatic amines is 1. The van der Waals surface area contributed by atoms with Gasteiger partial charge >= 0.3 is 0 Å². The van der Waals surface area contributed by atoms with Crippen molar-refractivity contribution in [1.29, 1.82) is 0 Å². The Morgan fingerprint density at radius 2 is 2.10 bits per heavy atom. The Labute approximate surface area is 121 Å². The van der Waals surface area contributed by atoms with Crippen LogP contribution in [0, 0.1) is 6.92 Å². The fraction of sp³-hybridized carbons (Fsp3) is 0.0769. The average molecular weight is 303 g/mol. The van der Waals surface area contributed by atoms with Crippen LogP contribution in [0.4, 0.5) is 5.69 Å². The van der Waals surface area contributed by atoms with Gasteiger partial charge in [-0.05, 0) is 19.1 Å². The minimum Gasteiger partial charge on any atom is -0.332 e. The summed E-state index contributed by atoms with van der Waals surface area (Å²) in [5.74, 6) is 0.540. The Kier molecular flexibility index (Phi) is 3.22. The van der Waals surface area contributed by atoms with Gasteiger partial charge in [0.15, 0.2) is 5.03 Å². The smallest absolute Gasteiger partial charge is 0.279 e. The zero-order chi connectivity index (χ0) is 14.9. The van der Waals surface area contributed by atoms with Gasteiger partial charge in [-0.2, -0.15) is 8.42 Å². The first-order valence-corrected chi connectivity index (χ1v) is 7.66. The lowest BCUT2D eigenvalue weighted by molar-refractivity contribution is 0.598. The van der Waals surface area contributed by atoms with Crippen LogP contribution in [-0.2, 0) is 10.0 Å². The van der Waals surface area contributed by atoms with Crippen LogP contribution in [-0.4, -0.2) is 27.9 Å². The molecule has 0 aliphatic carbocycles. The number of benzene rings is 1. The molecule has 0 saturated carbocycles. The number of imidazole rings is 2. The summed E-state index contributed by atoms with van der Waals surface area (Å²) < 4.78 is 28.9. The van der Waals surface area contributed by atoms with Gasteiger partial charge in [0, 0.05) is 12.4 Å². The summed E-state index contributed by atoms with van der Waals surface area (Å²) in [5, 5.41) is 0.0282. The van der Waals surface area contributed by atoms with E-state index in [9.17, 15) is 8.42 Å². The van der Waals surface area contributed by atoms with E-state index in [1.165, 1.54) is 6.20 Å². The van der Waals surface area contributed by atoms with Crippen molar-refractivity contribution in [3.8, 4) is 5.69 Å². The highest BCUT2D eigenvalue weighted by Crippen LogP contribution is 2.22. The predicted octanol–water partition coefficient (Wildman–Crippen LogP) is 1.70. The van der Waals surface area contributed by atoms with Crippen molar-refractivity contribution in [3.05, 3.63) is 55.0 Å². The van der Waals surface area contributed by atoms with Gasteiger partial charge in [0.25, 0.3) is 10.0 Å². The molecule has 108 valence electrons. The summed E-state index contributed by atoms with van der Waals surface area (Å²) in [5.41, 5.74) is 1.15. The molecule has 21 heavy (non-hydrogen) atoms. The standard InChI is InChI=1S/C13H13N5O2S/c1-10-15-8-13(16-10)21(19,20)17-11-4-2-3-5-12(11)18-7-6-14-9-18/h2-9,17H,1H3,(H,15,16). The van der Waals surface area contributed by atoms with E-state index in [2.05, 4.69) is 19.7 Å². The minimum atomic E-state index is -3.71. The normalized spacial score (nSPS) is 11.5. The van der Waals surface area contributed by atoms with E-state index in [-0.39, 0.29) is 5.03 Å². The summed E-state index contributed by atoms with van der Waals surface area (Å²) in [6.07, 6.45) is 6.27. The van der Waals surface area contributed by atoms with Crippen LogP contribution in [0.25, 0.3) is 5.69 Å². The third-order valence-electron chi connectivity index (χ3n) is 2.90. The van der Waals surface area contributed by atoms with E-state index >= 15 is 0 Å². The molecule has 0 aliphatic rings. The fourth-order valence-corrected chi connectivity index (χ4v) is 2.97. The van der Waals surface area contributed by atoms with Crippen LogP contribution in [0.15, 0.2) is 54.2 Å². The quantitative estimate of drug-likeness (QED) is 0.767. The Bertz CT molecular complexity index is 852. The van der Waals surface area contributed by atoms with Crippen molar-refractivity contribution in [3.63, 3.8) is 0 Å². The number of hydrogen-bond acceptors (Lipinski definition) is 4. The molecule has 2 heterocycles. The predicted molar refractivity (Wildman–Crippen MR) is 77.7 cm³/mol. The van der Waals surface area contributed by atoms with E-state index in [4.69, 9.17) is 0 Å². The SMILES string of the molecule is Cc1ncc(S(=O)(=O)Nc2ccccc2-n2ccnc2)[nH]1. The molecule has 7 nitrogen and oxygen atoms in total. The molecule has 2 N–H and O–H groups in total. The van der Waals surface area contributed by atoms with Gasteiger partial charge in [-0.1, -0.05) is 12.1 Å². The van der Waals surface area contributed by atoms with Gasteiger partial charge in [0.05, 0.1) is 23.9 Å². The number of anilines is 1. The number of para-hydroxylation sites is 2. The van der Waals surface area contributed by atoms with Crippen LogP contribution in [0.2, 0.25) is 0 Å². The maximum Gasteiger partial charge on any atom is 0.279 e. The fourth-order valence-electron chi connectivity index (χ4n) is 1.92. The first-order valence-electron chi connectivity index (χ1n) is 6.18. The second-order valence-electron chi connectivity index (χ2n) is 4.43. The average Bonchev–Trinajstić information content (AvgIpc) is 3.10. The van der Waals surface area contributed by atoms with Gasteiger partial charge in [0.2, 0.25) is 0 Å². The number of aromatic nitrogens is 4. The highest BCUT2D eigenvalue weighted by Gasteiger charge is 2.18. The molecule has 0 bridgehead atoms. The largest absolute Gasteiger partial charge is 0.332 e. The van der Waals surface area contributed by atoms with Crippen molar-refractivity contribution in [1.82, 2.24) is 19.5 Å². The van der Waals surface area contributed by atoms with E-state index in [1.807, 2.05) is 6.07 Å². The molecule has 0 unspecified atom stereocenters. The monoisotopic (exact) mass is 303 g/mol. The molecule has 2 aromatic heterocycles. The number of hydrogen-bond donors (Lipinski definition) is 2. The van der Waals surface area contributed by atoms with E-state index in [0.717, 1.165) is 0 Å². The lowest BCUT2D eigenvalue weighted by Gasteiger charge is -2.11. The van der Waals surface area contributed by atoms with E-state index < -0.39 is 10.0 Å². The Balaban J connectivity index is 1.99. The third kappa shape index (κ3) is 2.65. The highest BCUT2D eigenvalue weighted by molar-refractivity contribution is 7.92. The highest BCUT2D eigenvalue weighted by atomic mass is 32.2. The summed E-state index contributed by atoms with van der Waals surface area (Å²) >= 11 is 0. The van der Waals surface area contributed by atoms with Crippen molar-refractivity contribution in [2.75, 3.05) is 4.72 Å². The number of sulfonamides is 1. The first kappa shape index (κ1) is 13.4. The van der Waals surface area contributed by atoms with E-state index in [1.54, 1.807) is 48.4 Å². The van der Waals surface area contributed by atoms with Crippen molar-refractivity contribution in [2.24, 2.45) is 0 Å². The molecule has 3 aromatic rings. The minimum absolute atomic E-state index is 0.0282. The zero-order valence-corrected chi connectivity index (χ0v) is 12.0. The second-order valence-corrected chi connectivity index (χ2v) is 6.08. The first-order chi connectivity index (χ1) is 10.1. The lowest BCUT2D eigenvalue weighted by atomic mass is 10.3. The molecule has 0 aliphatic heterocycles. The van der Waals surface area contributed by atoms with Gasteiger partial charge in [-0.25, -0.2) is 9.97 Å². The second kappa shape index (κ2) is 5.06. The molecule has 1 aromatic carbocycles.